The highest BCUT2D eigenvalue weighted by Crippen LogP contribution is 2.12. The summed E-state index contributed by atoms with van der Waals surface area (Å²) in [5.74, 6) is 0.901. The number of aryl methyl sites for hydroxylation is 1. The van der Waals surface area contributed by atoms with Gasteiger partial charge < -0.3 is 14.7 Å². The molecule has 3 heteroatoms. The third-order valence-corrected chi connectivity index (χ3v) is 3.57. The summed E-state index contributed by atoms with van der Waals surface area (Å²) in [6.45, 7) is 4.11. The molecule has 0 bridgehead atoms. The maximum absolute atomic E-state index is 10.1. The van der Waals surface area contributed by atoms with Crippen molar-refractivity contribution >= 4 is 0 Å². The lowest BCUT2D eigenvalue weighted by Crippen LogP contribution is -2.33. The molecule has 0 aliphatic heterocycles. The fourth-order valence-electron chi connectivity index (χ4n) is 2.43. The predicted octanol–water partition coefficient (Wildman–Crippen LogP) is 2.91. The first-order valence-electron chi connectivity index (χ1n) is 7.73. The Morgan fingerprint density at radius 2 is 1.86 bits per heavy atom. The van der Waals surface area contributed by atoms with Crippen LogP contribution in [0.25, 0.3) is 0 Å². The second-order valence-electron chi connectivity index (χ2n) is 5.77. The van der Waals surface area contributed by atoms with Gasteiger partial charge in [-0.3, -0.25) is 0 Å². The maximum atomic E-state index is 10.1. The first-order valence-corrected chi connectivity index (χ1v) is 7.73. The van der Waals surface area contributed by atoms with Crippen LogP contribution in [0.3, 0.4) is 0 Å². The van der Waals surface area contributed by atoms with Gasteiger partial charge in [0.25, 0.3) is 0 Å². The van der Waals surface area contributed by atoms with Crippen LogP contribution in [0.15, 0.2) is 54.6 Å². The Labute approximate surface area is 133 Å². The highest BCUT2D eigenvalue weighted by atomic mass is 16.5. The van der Waals surface area contributed by atoms with E-state index >= 15 is 0 Å². The van der Waals surface area contributed by atoms with Crippen molar-refractivity contribution in [1.82, 2.24) is 4.90 Å². The summed E-state index contributed by atoms with van der Waals surface area (Å²) in [4.78, 5) is 2.10. The lowest BCUT2D eigenvalue weighted by Gasteiger charge is -2.20. The maximum Gasteiger partial charge on any atom is 0.119 e. The molecule has 0 saturated heterocycles. The molecule has 0 aromatic heterocycles. The van der Waals surface area contributed by atoms with Crippen molar-refractivity contribution in [3.05, 3.63) is 65.7 Å². The van der Waals surface area contributed by atoms with Gasteiger partial charge in [-0.25, -0.2) is 0 Å². The minimum Gasteiger partial charge on any atom is -0.492 e. The molecule has 1 atom stereocenters. The Kier molecular flexibility index (Phi) is 6.44. The summed E-state index contributed by atoms with van der Waals surface area (Å²) in [5.41, 5.74) is 2.36. The molecule has 3 nitrogen and oxygen atoms in total. The van der Waals surface area contributed by atoms with E-state index in [4.69, 9.17) is 4.74 Å². The minimum absolute atomic E-state index is 0.355. The van der Waals surface area contributed by atoms with E-state index in [0.29, 0.717) is 19.6 Å². The van der Waals surface area contributed by atoms with Gasteiger partial charge in [-0.1, -0.05) is 42.5 Å². The summed E-state index contributed by atoms with van der Waals surface area (Å²) in [6.07, 6.45) is 0.329. The van der Waals surface area contributed by atoms with Gasteiger partial charge in [0.15, 0.2) is 0 Å². The number of nitrogens with zero attached hydrogens (tertiary/aromatic N) is 1. The van der Waals surface area contributed by atoms with Crippen molar-refractivity contribution in [3.63, 3.8) is 0 Å². The summed E-state index contributed by atoms with van der Waals surface area (Å²) < 4.78 is 5.73. The Bertz CT molecular complexity index is 556. The standard InChI is InChI=1S/C19H25NO2/c1-16-7-6-10-19(13-16)22-12-11-20(2)15-18(21)14-17-8-4-3-5-9-17/h3-10,13,18,21H,11-12,14-15H2,1-2H3. The molecule has 118 valence electrons. The molecule has 0 radical (unpaired) electrons. The molecule has 0 saturated carbocycles. The zero-order valence-corrected chi connectivity index (χ0v) is 13.4. The smallest absolute Gasteiger partial charge is 0.119 e. The molecule has 0 aliphatic rings. The summed E-state index contributed by atoms with van der Waals surface area (Å²) in [7, 11) is 2.01. The molecule has 0 aliphatic carbocycles. The molecule has 0 spiro atoms. The Balaban J connectivity index is 1.68. The number of aliphatic hydroxyl groups excluding tert-OH is 1. The second-order valence-corrected chi connectivity index (χ2v) is 5.77. The summed E-state index contributed by atoms with van der Waals surface area (Å²) in [6, 6.07) is 18.1. The normalized spacial score (nSPS) is 12.4. The van der Waals surface area contributed by atoms with Crippen LogP contribution in [-0.4, -0.2) is 42.9 Å². The van der Waals surface area contributed by atoms with E-state index in [1.807, 2.05) is 55.6 Å². The van der Waals surface area contributed by atoms with Crippen LogP contribution < -0.4 is 4.74 Å². The van der Waals surface area contributed by atoms with Crippen molar-refractivity contribution in [3.8, 4) is 5.75 Å². The fourth-order valence-corrected chi connectivity index (χ4v) is 2.43. The molecule has 2 aromatic carbocycles. The van der Waals surface area contributed by atoms with E-state index in [1.165, 1.54) is 11.1 Å². The zero-order chi connectivity index (χ0) is 15.8. The van der Waals surface area contributed by atoms with Gasteiger partial charge in [-0.05, 0) is 43.7 Å². The topological polar surface area (TPSA) is 32.7 Å². The van der Waals surface area contributed by atoms with Gasteiger partial charge >= 0.3 is 0 Å². The van der Waals surface area contributed by atoms with Crippen molar-refractivity contribution in [2.24, 2.45) is 0 Å². The van der Waals surface area contributed by atoms with Crippen molar-refractivity contribution in [2.75, 3.05) is 26.7 Å². The average molecular weight is 299 g/mol. The first kappa shape index (κ1) is 16.5. The van der Waals surface area contributed by atoms with Gasteiger partial charge in [0.05, 0.1) is 6.10 Å². The lowest BCUT2D eigenvalue weighted by molar-refractivity contribution is 0.117. The summed E-state index contributed by atoms with van der Waals surface area (Å²) >= 11 is 0. The van der Waals surface area contributed by atoms with Crippen molar-refractivity contribution in [1.29, 1.82) is 0 Å². The van der Waals surface area contributed by atoms with Crippen molar-refractivity contribution < 1.29 is 9.84 Å². The molecule has 0 heterocycles. The molecular weight excluding hydrogens is 274 g/mol. The quantitative estimate of drug-likeness (QED) is 0.813. The highest BCUT2D eigenvalue weighted by molar-refractivity contribution is 5.27. The van der Waals surface area contributed by atoms with Gasteiger partial charge in [0.2, 0.25) is 0 Å². The second kappa shape index (κ2) is 8.57. The van der Waals surface area contributed by atoms with Crippen LogP contribution in [0.5, 0.6) is 5.75 Å². The molecule has 2 aromatic rings. The largest absolute Gasteiger partial charge is 0.492 e. The predicted molar refractivity (Wildman–Crippen MR) is 90.3 cm³/mol. The summed E-state index contributed by atoms with van der Waals surface area (Å²) in [5, 5.41) is 10.1. The third-order valence-electron chi connectivity index (χ3n) is 3.57. The molecule has 1 N–H and O–H groups in total. The molecule has 22 heavy (non-hydrogen) atoms. The van der Waals surface area contributed by atoms with Crippen LogP contribution >= 0.6 is 0 Å². The minimum atomic E-state index is -0.355. The van der Waals surface area contributed by atoms with Crippen LogP contribution in [0.1, 0.15) is 11.1 Å². The number of ether oxygens (including phenoxy) is 1. The Morgan fingerprint density at radius 1 is 1.09 bits per heavy atom. The van der Waals surface area contributed by atoms with Gasteiger partial charge in [0, 0.05) is 13.1 Å². The van der Waals surface area contributed by atoms with E-state index in [2.05, 4.69) is 17.9 Å². The number of rotatable bonds is 8. The van der Waals surface area contributed by atoms with Crippen molar-refractivity contribution in [2.45, 2.75) is 19.4 Å². The molecule has 0 fully saturated rings. The van der Waals surface area contributed by atoms with Crippen LogP contribution in [-0.2, 0) is 6.42 Å². The van der Waals surface area contributed by atoms with Crippen LogP contribution in [0, 0.1) is 6.92 Å². The van der Waals surface area contributed by atoms with Crippen LogP contribution in [0.2, 0.25) is 0 Å². The number of hydrogen-bond acceptors (Lipinski definition) is 3. The third kappa shape index (κ3) is 5.88. The zero-order valence-electron chi connectivity index (χ0n) is 13.4. The number of hydrogen-bond donors (Lipinski definition) is 1. The van der Waals surface area contributed by atoms with E-state index in [0.717, 1.165) is 12.3 Å². The monoisotopic (exact) mass is 299 g/mol. The van der Waals surface area contributed by atoms with E-state index in [1.54, 1.807) is 0 Å². The van der Waals surface area contributed by atoms with Gasteiger partial charge in [-0.2, -0.15) is 0 Å². The average Bonchev–Trinajstić information content (AvgIpc) is 2.48. The number of likely N-dealkylation sites (N-methyl/N-ethyl adjacent to an activating group) is 1. The molecule has 2 rings (SSSR count). The SMILES string of the molecule is Cc1cccc(OCCN(C)CC(O)Cc2ccccc2)c1. The fraction of sp³-hybridized carbons (Fsp3) is 0.368. The van der Waals surface area contributed by atoms with Crippen LogP contribution in [0.4, 0.5) is 0 Å². The van der Waals surface area contributed by atoms with Gasteiger partial charge in [-0.15, -0.1) is 0 Å². The lowest BCUT2D eigenvalue weighted by atomic mass is 10.1. The van der Waals surface area contributed by atoms with E-state index in [-0.39, 0.29) is 6.10 Å². The van der Waals surface area contributed by atoms with E-state index in [9.17, 15) is 5.11 Å². The first-order chi connectivity index (χ1) is 10.6. The molecular formula is C19H25NO2. The Hall–Kier alpha value is -1.84. The Morgan fingerprint density at radius 3 is 2.59 bits per heavy atom. The number of benzene rings is 2. The number of aliphatic hydroxyl groups is 1. The van der Waals surface area contributed by atoms with E-state index < -0.39 is 0 Å². The molecule has 1 unspecified atom stereocenters. The highest BCUT2D eigenvalue weighted by Gasteiger charge is 2.09. The van der Waals surface area contributed by atoms with Gasteiger partial charge in [0.1, 0.15) is 12.4 Å². The molecule has 0 amide bonds.